The third kappa shape index (κ3) is 4.75. The van der Waals surface area contributed by atoms with Crippen molar-refractivity contribution in [1.29, 1.82) is 0 Å². The quantitative estimate of drug-likeness (QED) is 0.347. The predicted molar refractivity (Wildman–Crippen MR) is 124 cm³/mol. The lowest BCUT2D eigenvalue weighted by Gasteiger charge is -2.05. The molecule has 0 unspecified atom stereocenters. The van der Waals surface area contributed by atoms with Crippen molar-refractivity contribution in [3.8, 4) is 17.2 Å². The first-order chi connectivity index (χ1) is 15.2. The van der Waals surface area contributed by atoms with E-state index in [-0.39, 0.29) is 5.91 Å². The van der Waals surface area contributed by atoms with Gasteiger partial charge in [-0.05, 0) is 61.5 Å². The minimum absolute atomic E-state index is 0.305. The van der Waals surface area contributed by atoms with Crippen LogP contribution in [0.15, 0.2) is 90.4 Å². The normalized spacial score (nSPS) is 11.5. The maximum Gasteiger partial charge on any atom is 0.279 e. The molecule has 0 radical (unpaired) electrons. The van der Waals surface area contributed by atoms with Crippen LogP contribution < -0.4 is 14.3 Å². The second-order valence-corrected chi connectivity index (χ2v) is 7.71. The molecule has 0 aliphatic heterocycles. The number of amides is 1. The molecule has 0 N–H and O–H groups in total. The summed E-state index contributed by atoms with van der Waals surface area (Å²) in [6.45, 7) is 6.94. The average Bonchev–Trinajstić information content (AvgIpc) is 3.11. The van der Waals surface area contributed by atoms with E-state index >= 15 is 0 Å². The number of ether oxygens (including phenoxy) is 2. The first-order valence-electron chi connectivity index (χ1n) is 9.97. The molecule has 1 heterocycles. The number of para-hydroxylation sites is 1. The Labute approximate surface area is 184 Å². The molecule has 3 aromatic carbocycles. The van der Waals surface area contributed by atoms with Gasteiger partial charge < -0.3 is 14.0 Å². The highest BCUT2D eigenvalue weighted by atomic mass is 32.1. The highest BCUT2D eigenvalue weighted by Crippen LogP contribution is 2.24. The zero-order chi connectivity index (χ0) is 21.6. The first kappa shape index (κ1) is 20.6. The van der Waals surface area contributed by atoms with E-state index in [2.05, 4.69) is 11.6 Å². The van der Waals surface area contributed by atoms with Crippen LogP contribution in [0.1, 0.15) is 17.3 Å². The number of nitrogens with zero attached hydrogens (tertiary/aromatic N) is 2. The van der Waals surface area contributed by atoms with Gasteiger partial charge in [0, 0.05) is 12.1 Å². The molecular formula is C25H22N2O3S. The van der Waals surface area contributed by atoms with Gasteiger partial charge in [0.15, 0.2) is 4.80 Å². The van der Waals surface area contributed by atoms with Crippen molar-refractivity contribution in [1.82, 2.24) is 4.57 Å². The standard InChI is InChI=1S/C25H22N2O3S/c1-3-16-27-22-15-14-21(29-4-2)17-23(22)31-25(27)26-24(28)18-10-12-20(13-11-18)30-19-8-6-5-7-9-19/h3,5-15,17H,1,4,16H2,2H3. The second-order valence-electron chi connectivity index (χ2n) is 6.70. The summed E-state index contributed by atoms with van der Waals surface area (Å²) in [5.41, 5.74) is 1.49. The molecule has 156 valence electrons. The molecule has 0 aliphatic rings. The minimum Gasteiger partial charge on any atom is -0.494 e. The molecule has 1 aromatic heterocycles. The molecule has 0 atom stereocenters. The molecule has 1 amide bonds. The van der Waals surface area contributed by atoms with Crippen LogP contribution in [0.4, 0.5) is 0 Å². The van der Waals surface area contributed by atoms with E-state index < -0.39 is 0 Å². The van der Waals surface area contributed by atoms with E-state index in [4.69, 9.17) is 9.47 Å². The molecule has 0 fully saturated rings. The largest absolute Gasteiger partial charge is 0.494 e. The summed E-state index contributed by atoms with van der Waals surface area (Å²) in [7, 11) is 0. The smallest absolute Gasteiger partial charge is 0.279 e. The van der Waals surface area contributed by atoms with Gasteiger partial charge in [0.1, 0.15) is 17.2 Å². The maximum absolute atomic E-state index is 12.8. The number of carbonyl (C=O) groups excluding carboxylic acids is 1. The number of carbonyl (C=O) groups is 1. The van der Waals surface area contributed by atoms with Crippen LogP contribution in [-0.4, -0.2) is 17.1 Å². The molecule has 4 aromatic rings. The number of hydrogen-bond acceptors (Lipinski definition) is 4. The van der Waals surface area contributed by atoms with Crippen molar-refractivity contribution in [2.24, 2.45) is 4.99 Å². The monoisotopic (exact) mass is 430 g/mol. The average molecular weight is 431 g/mol. The molecule has 0 saturated carbocycles. The van der Waals surface area contributed by atoms with E-state index in [1.807, 2.05) is 60.0 Å². The van der Waals surface area contributed by atoms with Gasteiger partial charge in [-0.2, -0.15) is 4.99 Å². The summed E-state index contributed by atoms with van der Waals surface area (Å²) in [5, 5.41) is 0. The van der Waals surface area contributed by atoms with Crippen molar-refractivity contribution in [2.45, 2.75) is 13.5 Å². The van der Waals surface area contributed by atoms with Gasteiger partial charge in [0.2, 0.25) is 0 Å². The second kappa shape index (κ2) is 9.45. The van der Waals surface area contributed by atoms with E-state index in [1.165, 1.54) is 11.3 Å². The zero-order valence-electron chi connectivity index (χ0n) is 17.2. The SMILES string of the molecule is C=CCn1c(=NC(=O)c2ccc(Oc3ccccc3)cc2)sc2cc(OCC)ccc21. The third-order valence-corrected chi connectivity index (χ3v) is 5.60. The van der Waals surface area contributed by atoms with E-state index in [1.54, 1.807) is 30.3 Å². The Kier molecular flexibility index (Phi) is 6.29. The van der Waals surface area contributed by atoms with Crippen LogP contribution in [-0.2, 0) is 6.54 Å². The van der Waals surface area contributed by atoms with Gasteiger partial charge in [0.25, 0.3) is 5.91 Å². The summed E-state index contributed by atoms with van der Waals surface area (Å²) >= 11 is 1.45. The number of benzene rings is 3. The van der Waals surface area contributed by atoms with Gasteiger partial charge >= 0.3 is 0 Å². The Bertz CT molecular complexity index is 1270. The molecule has 4 rings (SSSR count). The Morgan fingerprint density at radius 2 is 1.74 bits per heavy atom. The van der Waals surface area contributed by atoms with Crippen molar-refractivity contribution in [2.75, 3.05) is 6.61 Å². The number of hydrogen-bond donors (Lipinski definition) is 0. The van der Waals surface area contributed by atoms with Gasteiger partial charge in [-0.25, -0.2) is 0 Å². The molecule has 0 saturated heterocycles. The Balaban J connectivity index is 1.63. The fraction of sp³-hybridized carbons (Fsp3) is 0.120. The van der Waals surface area contributed by atoms with Crippen molar-refractivity contribution in [3.63, 3.8) is 0 Å². The Morgan fingerprint density at radius 3 is 2.45 bits per heavy atom. The molecule has 5 nitrogen and oxygen atoms in total. The predicted octanol–water partition coefficient (Wildman–Crippen LogP) is 5.82. The topological polar surface area (TPSA) is 52.8 Å². The minimum atomic E-state index is -0.305. The van der Waals surface area contributed by atoms with E-state index in [0.717, 1.165) is 21.7 Å². The summed E-state index contributed by atoms with van der Waals surface area (Å²) in [6, 6.07) is 22.4. The molecule has 31 heavy (non-hydrogen) atoms. The van der Waals surface area contributed by atoms with Gasteiger partial charge in [0.05, 0.1) is 16.8 Å². The Morgan fingerprint density at radius 1 is 1.03 bits per heavy atom. The molecule has 6 heteroatoms. The number of fused-ring (bicyclic) bond motifs is 1. The van der Waals surface area contributed by atoms with Crippen LogP contribution in [0.3, 0.4) is 0 Å². The van der Waals surface area contributed by atoms with Crippen molar-refractivity contribution in [3.05, 3.63) is 95.8 Å². The maximum atomic E-state index is 12.8. The molecule has 0 spiro atoms. The van der Waals surface area contributed by atoms with Crippen LogP contribution in [0.2, 0.25) is 0 Å². The van der Waals surface area contributed by atoms with E-state index in [0.29, 0.717) is 29.3 Å². The summed E-state index contributed by atoms with van der Waals surface area (Å²) in [5.74, 6) is 1.90. The fourth-order valence-electron chi connectivity index (χ4n) is 3.14. The van der Waals surface area contributed by atoms with Crippen LogP contribution in [0, 0.1) is 0 Å². The lowest BCUT2D eigenvalue weighted by Crippen LogP contribution is -2.16. The number of rotatable bonds is 7. The number of thiazole rings is 1. The lowest BCUT2D eigenvalue weighted by molar-refractivity contribution is 0.0998. The molecule has 0 bridgehead atoms. The van der Waals surface area contributed by atoms with Crippen LogP contribution in [0.5, 0.6) is 17.2 Å². The molecular weight excluding hydrogens is 408 g/mol. The highest BCUT2D eigenvalue weighted by Gasteiger charge is 2.10. The summed E-state index contributed by atoms with van der Waals surface area (Å²) in [4.78, 5) is 17.8. The molecule has 0 aliphatic carbocycles. The van der Waals surface area contributed by atoms with Gasteiger partial charge in [-0.1, -0.05) is 35.6 Å². The third-order valence-electron chi connectivity index (χ3n) is 4.55. The Hall–Kier alpha value is -3.64. The summed E-state index contributed by atoms with van der Waals surface area (Å²) < 4.78 is 14.4. The zero-order valence-corrected chi connectivity index (χ0v) is 18.0. The van der Waals surface area contributed by atoms with E-state index in [9.17, 15) is 4.79 Å². The first-order valence-corrected chi connectivity index (χ1v) is 10.8. The van der Waals surface area contributed by atoms with Crippen molar-refractivity contribution >= 4 is 27.5 Å². The lowest BCUT2D eigenvalue weighted by atomic mass is 10.2. The summed E-state index contributed by atoms with van der Waals surface area (Å²) in [6.07, 6.45) is 1.79. The van der Waals surface area contributed by atoms with Crippen molar-refractivity contribution < 1.29 is 14.3 Å². The van der Waals surface area contributed by atoms with Crippen LogP contribution in [0.25, 0.3) is 10.2 Å². The van der Waals surface area contributed by atoms with Gasteiger partial charge in [-0.15, -0.1) is 6.58 Å². The number of allylic oxidation sites excluding steroid dienone is 1. The van der Waals surface area contributed by atoms with Gasteiger partial charge in [-0.3, -0.25) is 4.79 Å². The highest BCUT2D eigenvalue weighted by molar-refractivity contribution is 7.16. The number of aromatic nitrogens is 1. The fourth-order valence-corrected chi connectivity index (χ4v) is 4.21. The van der Waals surface area contributed by atoms with Crippen LogP contribution >= 0.6 is 11.3 Å².